The highest BCUT2D eigenvalue weighted by atomic mass is 19.1. The highest BCUT2D eigenvalue weighted by Gasteiger charge is 2.21. The fourth-order valence-corrected chi connectivity index (χ4v) is 3.80. The van der Waals surface area contributed by atoms with Gasteiger partial charge in [0.25, 0.3) is 5.91 Å². The number of carbonyl (C=O) groups excluding carboxylic acids is 2. The third-order valence-corrected chi connectivity index (χ3v) is 6.18. The van der Waals surface area contributed by atoms with Crippen LogP contribution in [0.15, 0.2) is 84.9 Å². The van der Waals surface area contributed by atoms with Crippen LogP contribution in [0.3, 0.4) is 0 Å². The molecule has 43 heavy (non-hydrogen) atoms. The van der Waals surface area contributed by atoms with Gasteiger partial charge < -0.3 is 18.9 Å². The van der Waals surface area contributed by atoms with Gasteiger partial charge in [-0.1, -0.05) is 36.4 Å². The molecule has 0 N–H and O–H groups in total. The summed E-state index contributed by atoms with van der Waals surface area (Å²) in [7, 11) is 5.92. The Morgan fingerprint density at radius 2 is 1.07 bits per heavy atom. The molecule has 0 atom stereocenters. The minimum absolute atomic E-state index is 0.0130. The van der Waals surface area contributed by atoms with Crippen molar-refractivity contribution >= 4 is 11.7 Å². The van der Waals surface area contributed by atoms with Gasteiger partial charge in [0, 0.05) is 7.05 Å². The largest absolute Gasteiger partial charge is 0.497 e. The Bertz CT molecular complexity index is 1510. The Morgan fingerprint density at radius 3 is 1.47 bits per heavy atom. The number of benzene rings is 4. The Morgan fingerprint density at radius 1 is 0.651 bits per heavy atom. The Kier molecular flexibility index (Phi) is 12.0. The molecule has 0 aliphatic carbocycles. The number of halogens is 2. The fraction of sp³-hybridized carbons (Fsp3) is 0.212. The van der Waals surface area contributed by atoms with Crippen LogP contribution in [-0.4, -0.2) is 45.1 Å². The van der Waals surface area contributed by atoms with Gasteiger partial charge >= 0.3 is 0 Å². The Hall–Kier alpha value is -4.96. The number of carbonyl (C=O) groups is 2. The van der Waals surface area contributed by atoms with Crippen molar-refractivity contribution < 1.29 is 42.2 Å². The van der Waals surface area contributed by atoms with E-state index >= 15 is 0 Å². The number of nitrogens with zero attached hydrogens (tertiary/aromatic N) is 1. The third kappa shape index (κ3) is 9.01. The van der Waals surface area contributed by atoms with Crippen LogP contribution in [0.1, 0.15) is 38.8 Å². The zero-order valence-corrected chi connectivity index (χ0v) is 24.6. The van der Waals surface area contributed by atoms with Gasteiger partial charge in [0.2, 0.25) is 0 Å². The van der Waals surface area contributed by atoms with Gasteiger partial charge in [-0.2, -0.15) is 0 Å². The van der Waals surface area contributed by atoms with Crippen LogP contribution in [0.2, 0.25) is 0 Å². The molecule has 4 rings (SSSR count). The molecule has 0 saturated heterocycles. The van der Waals surface area contributed by atoms with Gasteiger partial charge in [-0.3, -0.25) is 14.4 Å². The second-order valence-electron chi connectivity index (χ2n) is 9.04. The molecule has 0 spiro atoms. The number of ketones is 1. The molecule has 0 saturated carbocycles. The van der Waals surface area contributed by atoms with Crippen LogP contribution in [0, 0.1) is 11.6 Å². The van der Waals surface area contributed by atoms with Crippen LogP contribution in [0.4, 0.5) is 8.78 Å². The summed E-state index contributed by atoms with van der Waals surface area (Å²) >= 11 is 0. The number of hydroxylamine groups is 2. The van der Waals surface area contributed by atoms with Crippen molar-refractivity contribution in [2.45, 2.75) is 20.1 Å². The van der Waals surface area contributed by atoms with Gasteiger partial charge in [0.05, 0.1) is 26.9 Å². The van der Waals surface area contributed by atoms with E-state index in [4.69, 9.17) is 23.8 Å². The normalized spacial score (nSPS) is 10.2. The van der Waals surface area contributed by atoms with E-state index in [1.54, 1.807) is 38.5 Å². The van der Waals surface area contributed by atoms with Crippen molar-refractivity contribution in [1.29, 1.82) is 0 Å². The summed E-state index contributed by atoms with van der Waals surface area (Å²) in [6, 6.07) is 23.2. The maximum absolute atomic E-state index is 14.0. The first-order valence-electron chi connectivity index (χ1n) is 13.1. The summed E-state index contributed by atoms with van der Waals surface area (Å²) in [5.74, 6) is -0.289. The summed E-state index contributed by atoms with van der Waals surface area (Å²) in [6.45, 7) is 1.77. The van der Waals surface area contributed by atoms with E-state index in [-0.39, 0.29) is 41.6 Å². The third-order valence-electron chi connectivity index (χ3n) is 6.18. The van der Waals surface area contributed by atoms with Crippen molar-refractivity contribution in [3.05, 3.63) is 119 Å². The van der Waals surface area contributed by atoms with E-state index in [0.717, 1.165) is 27.7 Å². The second-order valence-corrected chi connectivity index (χ2v) is 9.04. The summed E-state index contributed by atoms with van der Waals surface area (Å²) in [4.78, 5) is 28.4. The van der Waals surface area contributed by atoms with Gasteiger partial charge in [-0.05, 0) is 66.6 Å². The quantitative estimate of drug-likeness (QED) is 0.142. The van der Waals surface area contributed by atoms with Crippen LogP contribution in [0.25, 0.3) is 0 Å². The molecule has 226 valence electrons. The topological polar surface area (TPSA) is 83.5 Å². The number of rotatable bonds is 11. The zero-order valence-electron chi connectivity index (χ0n) is 24.6. The van der Waals surface area contributed by atoms with Crippen molar-refractivity contribution in [3.63, 3.8) is 0 Å². The van der Waals surface area contributed by atoms with Gasteiger partial charge in [-0.15, -0.1) is 0 Å². The van der Waals surface area contributed by atoms with E-state index < -0.39 is 17.5 Å². The Labute approximate surface area is 249 Å². The lowest BCUT2D eigenvalue weighted by molar-refractivity contribution is -0.0761. The fourth-order valence-electron chi connectivity index (χ4n) is 3.80. The van der Waals surface area contributed by atoms with Crippen LogP contribution in [-0.2, 0) is 18.1 Å². The predicted molar refractivity (Wildman–Crippen MR) is 157 cm³/mol. The number of amides is 1. The smallest absolute Gasteiger partial charge is 0.283 e. The van der Waals surface area contributed by atoms with Crippen LogP contribution < -0.4 is 18.9 Å². The monoisotopic (exact) mass is 593 g/mol. The van der Waals surface area contributed by atoms with E-state index in [2.05, 4.69) is 0 Å². The average molecular weight is 594 g/mol. The van der Waals surface area contributed by atoms with Gasteiger partial charge in [-0.25, -0.2) is 13.8 Å². The number of methoxy groups -OCH3 is 2. The summed E-state index contributed by atoms with van der Waals surface area (Å²) in [5, 5.41) is 0.943. The maximum atomic E-state index is 14.0. The molecule has 0 unspecified atom stereocenters. The summed E-state index contributed by atoms with van der Waals surface area (Å²) in [5.41, 5.74) is 1.60. The number of hydrogen-bond acceptors (Lipinski definition) is 7. The minimum Gasteiger partial charge on any atom is -0.497 e. The highest BCUT2D eigenvalue weighted by Crippen LogP contribution is 2.25. The first-order chi connectivity index (χ1) is 20.7. The maximum Gasteiger partial charge on any atom is 0.283 e. The molecule has 8 nitrogen and oxygen atoms in total. The second kappa shape index (κ2) is 15.9. The van der Waals surface area contributed by atoms with Crippen molar-refractivity contribution in [3.8, 4) is 23.0 Å². The minimum atomic E-state index is -0.661. The molecular formula is C33H33F2NO7. The Balaban J connectivity index is 0.000000238. The summed E-state index contributed by atoms with van der Waals surface area (Å²) < 4.78 is 48.9. The number of Topliss-reactive ketones (excluding diaryl/α,β-unsaturated/α-hetero) is 1. The van der Waals surface area contributed by atoms with Crippen molar-refractivity contribution in [1.82, 2.24) is 5.06 Å². The van der Waals surface area contributed by atoms with E-state index in [9.17, 15) is 18.4 Å². The van der Waals surface area contributed by atoms with E-state index in [1.807, 2.05) is 36.4 Å². The molecule has 0 fully saturated rings. The standard InChI is InChI=1S/C17H18FNO4.C16H15FO3/c1-19(22-3)17(20)16-14(18)5-4-6-15(16)23-11-12-7-9-13(21-2)10-8-12;1-11(18)16-14(17)4-3-5-15(16)20-10-12-6-8-13(19-2)9-7-12/h4-10H,11H2,1-3H3;3-9H,10H2,1-2H3. The molecule has 4 aromatic carbocycles. The number of ether oxygens (including phenoxy) is 4. The molecule has 4 aromatic rings. The molecule has 0 aliphatic heterocycles. The first kappa shape index (κ1) is 32.6. The molecule has 0 aliphatic rings. The molecular weight excluding hydrogens is 560 g/mol. The summed E-state index contributed by atoms with van der Waals surface area (Å²) in [6.07, 6.45) is 0. The van der Waals surface area contributed by atoms with Crippen LogP contribution >= 0.6 is 0 Å². The van der Waals surface area contributed by atoms with E-state index in [0.29, 0.717) is 0 Å². The van der Waals surface area contributed by atoms with Crippen molar-refractivity contribution in [2.24, 2.45) is 0 Å². The lowest BCUT2D eigenvalue weighted by atomic mass is 10.1. The number of hydrogen-bond donors (Lipinski definition) is 0. The first-order valence-corrected chi connectivity index (χ1v) is 13.1. The molecule has 0 bridgehead atoms. The molecule has 1 amide bonds. The lowest BCUT2D eigenvalue weighted by Gasteiger charge is -2.17. The van der Waals surface area contributed by atoms with Crippen molar-refractivity contribution in [2.75, 3.05) is 28.4 Å². The van der Waals surface area contributed by atoms with E-state index in [1.165, 1.54) is 45.3 Å². The van der Waals surface area contributed by atoms with Crippen LogP contribution in [0.5, 0.6) is 23.0 Å². The molecule has 10 heteroatoms. The van der Waals surface area contributed by atoms with Gasteiger partial charge in [0.15, 0.2) is 5.78 Å². The molecule has 0 heterocycles. The lowest BCUT2D eigenvalue weighted by Crippen LogP contribution is -2.26. The SMILES string of the molecule is COc1ccc(COc2cccc(F)c2C(=O)N(C)OC)cc1.COc1ccc(COc2cccc(F)c2C(C)=O)cc1. The highest BCUT2D eigenvalue weighted by molar-refractivity contribution is 5.97. The predicted octanol–water partition coefficient (Wildman–Crippen LogP) is 6.66. The average Bonchev–Trinajstić information content (AvgIpc) is 3.02. The molecule has 0 aromatic heterocycles. The molecule has 0 radical (unpaired) electrons. The van der Waals surface area contributed by atoms with Gasteiger partial charge in [0.1, 0.15) is 53.4 Å². The zero-order chi connectivity index (χ0) is 31.4.